The molecule has 0 aromatic carbocycles. The summed E-state index contributed by atoms with van der Waals surface area (Å²) in [6.45, 7) is 16.7. The summed E-state index contributed by atoms with van der Waals surface area (Å²) in [5.41, 5.74) is 7.77. The van der Waals surface area contributed by atoms with Gasteiger partial charge in [-0.25, -0.2) is 4.79 Å². The zero-order chi connectivity index (χ0) is 19.3. The van der Waals surface area contributed by atoms with Crippen molar-refractivity contribution < 1.29 is 19.1 Å². The summed E-state index contributed by atoms with van der Waals surface area (Å²) in [5, 5.41) is 2.57. The Kier molecular flexibility index (Phi) is 7.53. The highest BCUT2D eigenvalue weighted by Gasteiger charge is 2.31. The van der Waals surface area contributed by atoms with Crippen LogP contribution in [0.2, 0.25) is 19.6 Å². The van der Waals surface area contributed by atoms with Crippen LogP contribution in [0.15, 0.2) is 0 Å². The molecule has 0 aliphatic carbocycles. The number of nitrogens with two attached hydrogens (primary N) is 1. The van der Waals surface area contributed by atoms with Gasteiger partial charge in [0.1, 0.15) is 31.4 Å². The standard InChI is InChI=1S/C17H32N2O4Si/c1-16(2,3)22-14(20)13(18)12(10-11-24(7,8)9)19-15(21)23-17(4,5)6/h12-13H,18H2,1-9H3,(H,19,21)/t12-,13+/m0/s1. The van der Waals surface area contributed by atoms with E-state index in [4.69, 9.17) is 15.2 Å². The second kappa shape index (κ2) is 8.04. The lowest BCUT2D eigenvalue weighted by Crippen LogP contribution is -2.53. The monoisotopic (exact) mass is 356 g/mol. The average Bonchev–Trinajstić information content (AvgIpc) is 2.27. The molecule has 0 saturated heterocycles. The van der Waals surface area contributed by atoms with Crippen LogP contribution in [0.5, 0.6) is 0 Å². The Morgan fingerprint density at radius 2 is 1.46 bits per heavy atom. The second-order valence-electron chi connectivity index (χ2n) is 8.70. The third-order valence-corrected chi connectivity index (χ3v) is 3.21. The minimum Gasteiger partial charge on any atom is -0.459 e. The fourth-order valence-corrected chi connectivity index (χ4v) is 2.04. The Balaban J connectivity index is 5.29. The van der Waals surface area contributed by atoms with Crippen molar-refractivity contribution in [1.29, 1.82) is 0 Å². The fraction of sp³-hybridized carbons (Fsp3) is 0.765. The molecule has 0 fully saturated rings. The third kappa shape index (κ3) is 11.1. The van der Waals surface area contributed by atoms with Gasteiger partial charge in [0.25, 0.3) is 0 Å². The molecule has 3 N–H and O–H groups in total. The van der Waals surface area contributed by atoms with Crippen molar-refractivity contribution in [2.75, 3.05) is 0 Å². The lowest BCUT2D eigenvalue weighted by molar-refractivity contribution is -0.156. The van der Waals surface area contributed by atoms with Gasteiger partial charge >= 0.3 is 12.1 Å². The molecule has 1 amide bonds. The molecule has 6 nitrogen and oxygen atoms in total. The number of ether oxygens (including phenoxy) is 2. The van der Waals surface area contributed by atoms with Crippen LogP contribution >= 0.6 is 0 Å². The maximum atomic E-state index is 12.2. The van der Waals surface area contributed by atoms with Crippen LogP contribution in [-0.4, -0.2) is 43.4 Å². The van der Waals surface area contributed by atoms with Crippen molar-refractivity contribution >= 4 is 20.1 Å². The van der Waals surface area contributed by atoms with Crippen LogP contribution < -0.4 is 11.1 Å². The van der Waals surface area contributed by atoms with E-state index in [1.165, 1.54) is 0 Å². The molecule has 0 heterocycles. The molecule has 0 bridgehead atoms. The summed E-state index contributed by atoms with van der Waals surface area (Å²) in [5.74, 6) is 2.30. The smallest absolute Gasteiger partial charge is 0.408 e. The normalized spacial score (nSPS) is 14.8. The van der Waals surface area contributed by atoms with E-state index in [1.54, 1.807) is 41.5 Å². The van der Waals surface area contributed by atoms with E-state index in [0.717, 1.165) is 0 Å². The molecule has 0 spiro atoms. The third-order valence-electron chi connectivity index (χ3n) is 2.31. The van der Waals surface area contributed by atoms with Gasteiger partial charge in [-0.15, -0.1) is 5.54 Å². The first kappa shape index (κ1) is 22.5. The first-order valence-corrected chi connectivity index (χ1v) is 11.5. The van der Waals surface area contributed by atoms with Gasteiger partial charge in [-0.2, -0.15) is 0 Å². The number of esters is 1. The van der Waals surface area contributed by atoms with Gasteiger partial charge < -0.3 is 20.5 Å². The summed E-state index contributed by atoms with van der Waals surface area (Å²) < 4.78 is 10.5. The van der Waals surface area contributed by atoms with Gasteiger partial charge in [0.15, 0.2) is 0 Å². The van der Waals surface area contributed by atoms with Gasteiger partial charge in [0.2, 0.25) is 0 Å². The molecule has 0 radical (unpaired) electrons. The maximum absolute atomic E-state index is 12.2. The largest absolute Gasteiger partial charge is 0.459 e. The molecule has 0 aliphatic rings. The van der Waals surface area contributed by atoms with Gasteiger partial charge in [-0.1, -0.05) is 25.6 Å². The number of amides is 1. The highest BCUT2D eigenvalue weighted by Crippen LogP contribution is 2.11. The van der Waals surface area contributed by atoms with E-state index < -0.39 is 43.4 Å². The van der Waals surface area contributed by atoms with Crippen LogP contribution in [0.3, 0.4) is 0 Å². The van der Waals surface area contributed by atoms with Crippen LogP contribution in [0.4, 0.5) is 4.79 Å². The molecule has 7 heteroatoms. The molecule has 0 saturated carbocycles. The number of carbonyl (C=O) groups excluding carboxylic acids is 2. The predicted octanol–water partition coefficient (Wildman–Crippen LogP) is 2.43. The molecule has 0 aliphatic heterocycles. The van der Waals surface area contributed by atoms with Crippen LogP contribution in [0, 0.1) is 11.5 Å². The van der Waals surface area contributed by atoms with E-state index >= 15 is 0 Å². The Bertz CT molecular complexity index is 516. The number of hydrogen-bond acceptors (Lipinski definition) is 5. The van der Waals surface area contributed by atoms with Crippen molar-refractivity contribution in [3.63, 3.8) is 0 Å². The van der Waals surface area contributed by atoms with Gasteiger partial charge in [0, 0.05) is 0 Å². The number of hydrogen-bond donors (Lipinski definition) is 2. The average molecular weight is 357 g/mol. The van der Waals surface area contributed by atoms with E-state index in [9.17, 15) is 9.59 Å². The Hall–Kier alpha value is -1.52. The number of carbonyl (C=O) groups is 2. The molecule has 0 aromatic rings. The van der Waals surface area contributed by atoms with Crippen molar-refractivity contribution in [2.24, 2.45) is 5.73 Å². The van der Waals surface area contributed by atoms with Gasteiger partial charge in [-0.3, -0.25) is 4.79 Å². The molecule has 0 rings (SSSR count). The van der Waals surface area contributed by atoms with E-state index in [0.29, 0.717) is 0 Å². The highest BCUT2D eigenvalue weighted by molar-refractivity contribution is 6.83. The Morgan fingerprint density at radius 3 is 1.83 bits per heavy atom. The van der Waals surface area contributed by atoms with E-state index in [2.05, 4.69) is 36.4 Å². The zero-order valence-corrected chi connectivity index (χ0v) is 17.4. The summed E-state index contributed by atoms with van der Waals surface area (Å²) in [4.78, 5) is 24.2. The lowest BCUT2D eigenvalue weighted by atomic mass is 10.1. The van der Waals surface area contributed by atoms with Crippen LogP contribution in [-0.2, 0) is 14.3 Å². The molecule has 2 atom stereocenters. The van der Waals surface area contributed by atoms with Crippen molar-refractivity contribution in [3.8, 4) is 11.5 Å². The van der Waals surface area contributed by atoms with Crippen LogP contribution in [0.1, 0.15) is 41.5 Å². The predicted molar refractivity (Wildman–Crippen MR) is 98.1 cm³/mol. The van der Waals surface area contributed by atoms with Crippen molar-refractivity contribution in [1.82, 2.24) is 5.32 Å². The number of rotatable bonds is 3. The minimum absolute atomic E-state index is 0.617. The molecular formula is C17H32N2O4Si. The Labute approximate surface area is 146 Å². The Morgan fingerprint density at radius 1 is 1.00 bits per heavy atom. The molecular weight excluding hydrogens is 324 g/mol. The second-order valence-corrected chi connectivity index (χ2v) is 13.5. The quantitative estimate of drug-likeness (QED) is 0.460. The molecule has 0 unspecified atom stereocenters. The summed E-state index contributed by atoms with van der Waals surface area (Å²) in [6, 6.07) is -1.97. The molecule has 0 aromatic heterocycles. The van der Waals surface area contributed by atoms with Crippen LogP contribution in [0.25, 0.3) is 0 Å². The summed E-state index contributed by atoms with van der Waals surface area (Å²) in [6.07, 6.45) is -0.670. The first-order valence-electron chi connectivity index (χ1n) is 8.01. The van der Waals surface area contributed by atoms with E-state index in [-0.39, 0.29) is 0 Å². The lowest BCUT2D eigenvalue weighted by Gasteiger charge is -2.26. The fourth-order valence-electron chi connectivity index (χ4n) is 1.45. The molecule has 138 valence electrons. The maximum Gasteiger partial charge on any atom is 0.408 e. The number of alkyl carbamates (subject to hydrolysis) is 1. The summed E-state index contributed by atoms with van der Waals surface area (Å²) >= 11 is 0. The topological polar surface area (TPSA) is 90.6 Å². The minimum atomic E-state index is -1.71. The van der Waals surface area contributed by atoms with Gasteiger partial charge in [0.05, 0.1) is 0 Å². The zero-order valence-electron chi connectivity index (χ0n) is 16.4. The number of nitrogens with one attached hydrogen (secondary N) is 1. The van der Waals surface area contributed by atoms with Crippen molar-refractivity contribution in [3.05, 3.63) is 0 Å². The summed E-state index contributed by atoms with van der Waals surface area (Å²) in [7, 11) is -1.71. The van der Waals surface area contributed by atoms with Gasteiger partial charge in [-0.05, 0) is 41.5 Å². The highest BCUT2D eigenvalue weighted by atomic mass is 28.3. The first-order chi connectivity index (χ1) is 10.5. The van der Waals surface area contributed by atoms with Crippen molar-refractivity contribution in [2.45, 2.75) is 84.5 Å². The SMILES string of the molecule is CC(C)(C)OC(=O)N[C@@H](C#C[Si](C)(C)C)[C@@H](N)C(=O)OC(C)(C)C. The van der Waals surface area contributed by atoms with E-state index in [1.807, 2.05) is 0 Å². The molecule has 24 heavy (non-hydrogen) atoms.